The van der Waals surface area contributed by atoms with Crippen LogP contribution in [-0.4, -0.2) is 23.4 Å². The molecule has 1 aromatic heterocycles. The number of benzene rings is 2. The first-order valence-corrected chi connectivity index (χ1v) is 11.3. The predicted molar refractivity (Wildman–Crippen MR) is 119 cm³/mol. The SMILES string of the molecule is O=C(N[C@](Cc1ccc(F)c(F)c1)(c1cc(F)cc(OC(F)(F)C(F)F)c1)c1ccc(Cl)cn1)C1CC1. The Labute approximate surface area is 211 Å². The van der Waals surface area contributed by atoms with E-state index in [1.54, 1.807) is 0 Å². The third-order valence-corrected chi connectivity index (χ3v) is 6.00. The Kier molecular flexibility index (Phi) is 7.36. The van der Waals surface area contributed by atoms with Crippen LogP contribution in [0.5, 0.6) is 5.75 Å². The third kappa shape index (κ3) is 5.98. The summed E-state index contributed by atoms with van der Waals surface area (Å²) < 4.78 is 99.3. The maximum absolute atomic E-state index is 14.7. The quantitative estimate of drug-likeness (QED) is 0.316. The Morgan fingerprint density at radius 1 is 1.05 bits per heavy atom. The van der Waals surface area contributed by atoms with Crippen molar-refractivity contribution in [3.05, 3.63) is 94.0 Å². The maximum atomic E-state index is 14.7. The van der Waals surface area contributed by atoms with Crippen molar-refractivity contribution in [3.8, 4) is 5.75 Å². The molecule has 1 saturated carbocycles. The van der Waals surface area contributed by atoms with Crippen LogP contribution in [0.4, 0.5) is 30.7 Å². The van der Waals surface area contributed by atoms with Gasteiger partial charge in [-0.15, -0.1) is 0 Å². The zero-order chi connectivity index (χ0) is 27.0. The molecule has 0 saturated heterocycles. The highest BCUT2D eigenvalue weighted by Gasteiger charge is 2.45. The van der Waals surface area contributed by atoms with Gasteiger partial charge in [0.15, 0.2) is 11.6 Å². The van der Waals surface area contributed by atoms with Crippen molar-refractivity contribution in [2.24, 2.45) is 5.92 Å². The van der Waals surface area contributed by atoms with Gasteiger partial charge in [0.05, 0.1) is 10.7 Å². The zero-order valence-electron chi connectivity index (χ0n) is 18.8. The number of ether oxygens (including phenoxy) is 1. The molecule has 1 amide bonds. The van der Waals surface area contributed by atoms with Crippen LogP contribution in [-0.2, 0) is 16.8 Å². The molecular weight excluding hydrogens is 529 g/mol. The van der Waals surface area contributed by atoms with E-state index >= 15 is 0 Å². The first-order valence-electron chi connectivity index (χ1n) is 10.9. The molecule has 1 heterocycles. The molecule has 1 aliphatic rings. The summed E-state index contributed by atoms with van der Waals surface area (Å²) in [7, 11) is 0. The van der Waals surface area contributed by atoms with E-state index in [2.05, 4.69) is 15.0 Å². The van der Waals surface area contributed by atoms with Crippen molar-refractivity contribution < 1.29 is 40.3 Å². The summed E-state index contributed by atoms with van der Waals surface area (Å²) in [6.07, 6.45) is -7.19. The first-order chi connectivity index (χ1) is 17.4. The standard InChI is InChI=1S/C25H18ClF7N2O2/c26-16-4-6-21(34-12-16)24(35-22(36)14-2-3-14,11-13-1-5-19(28)20(29)7-13)15-8-17(27)10-18(9-15)37-25(32,33)23(30)31/h1,4-10,12,14,23H,2-3,11H2,(H,35,36)/t24-/m1/s1. The molecule has 3 aromatic rings. The van der Waals surface area contributed by atoms with E-state index in [1.165, 1.54) is 24.4 Å². The lowest BCUT2D eigenvalue weighted by Crippen LogP contribution is -2.50. The van der Waals surface area contributed by atoms with Crippen molar-refractivity contribution in [1.29, 1.82) is 0 Å². The number of amides is 1. The molecule has 12 heteroatoms. The van der Waals surface area contributed by atoms with Crippen LogP contribution < -0.4 is 10.1 Å². The van der Waals surface area contributed by atoms with Crippen molar-refractivity contribution in [3.63, 3.8) is 0 Å². The number of hydrogen-bond donors (Lipinski definition) is 1. The third-order valence-electron chi connectivity index (χ3n) is 5.77. The molecule has 0 radical (unpaired) electrons. The summed E-state index contributed by atoms with van der Waals surface area (Å²) in [6, 6.07) is 7.87. The van der Waals surface area contributed by atoms with E-state index < -0.39 is 53.1 Å². The number of pyridine rings is 1. The average molecular weight is 547 g/mol. The molecule has 0 unspecified atom stereocenters. The van der Waals surface area contributed by atoms with Crippen LogP contribution in [0.2, 0.25) is 5.02 Å². The van der Waals surface area contributed by atoms with E-state index in [4.69, 9.17) is 11.6 Å². The molecule has 2 aromatic carbocycles. The van der Waals surface area contributed by atoms with Crippen LogP contribution in [0.25, 0.3) is 0 Å². The minimum Gasteiger partial charge on any atom is -0.428 e. The lowest BCUT2D eigenvalue weighted by Gasteiger charge is -2.36. The Morgan fingerprint density at radius 3 is 2.38 bits per heavy atom. The number of rotatable bonds is 9. The second-order valence-electron chi connectivity index (χ2n) is 8.60. The molecule has 1 atom stereocenters. The van der Waals surface area contributed by atoms with Crippen molar-refractivity contribution in [1.82, 2.24) is 10.3 Å². The Bertz CT molecular complexity index is 1300. The molecular formula is C25H18ClF7N2O2. The molecule has 0 spiro atoms. The van der Waals surface area contributed by atoms with Crippen LogP contribution in [0.3, 0.4) is 0 Å². The topological polar surface area (TPSA) is 51.2 Å². The number of hydrogen-bond acceptors (Lipinski definition) is 3. The van der Waals surface area contributed by atoms with E-state index in [9.17, 15) is 35.5 Å². The van der Waals surface area contributed by atoms with Gasteiger partial charge in [-0.3, -0.25) is 9.78 Å². The van der Waals surface area contributed by atoms with Gasteiger partial charge < -0.3 is 10.1 Å². The summed E-state index contributed by atoms with van der Waals surface area (Å²) in [5.74, 6) is -5.35. The van der Waals surface area contributed by atoms with Gasteiger partial charge in [0.25, 0.3) is 0 Å². The van der Waals surface area contributed by atoms with Crippen LogP contribution in [0, 0.1) is 23.4 Å². The fraction of sp³-hybridized carbons (Fsp3) is 0.280. The van der Waals surface area contributed by atoms with Crippen molar-refractivity contribution >= 4 is 17.5 Å². The molecule has 37 heavy (non-hydrogen) atoms. The average Bonchev–Trinajstić information content (AvgIpc) is 3.66. The summed E-state index contributed by atoms with van der Waals surface area (Å²) in [4.78, 5) is 17.2. The molecule has 1 fully saturated rings. The largest absolute Gasteiger partial charge is 0.461 e. The summed E-state index contributed by atoms with van der Waals surface area (Å²) in [5, 5.41) is 2.94. The predicted octanol–water partition coefficient (Wildman–Crippen LogP) is 6.40. The normalized spacial score (nSPS) is 15.4. The van der Waals surface area contributed by atoms with Crippen LogP contribution in [0.1, 0.15) is 29.7 Å². The molecule has 4 nitrogen and oxygen atoms in total. The van der Waals surface area contributed by atoms with E-state index in [0.717, 1.165) is 24.3 Å². The highest BCUT2D eigenvalue weighted by atomic mass is 35.5. The fourth-order valence-corrected chi connectivity index (χ4v) is 3.94. The number of carbonyl (C=O) groups is 1. The Morgan fingerprint density at radius 2 is 1.78 bits per heavy atom. The van der Waals surface area contributed by atoms with Crippen molar-refractivity contribution in [2.75, 3.05) is 0 Å². The summed E-state index contributed by atoms with van der Waals surface area (Å²) >= 11 is 5.95. The second kappa shape index (κ2) is 10.2. The Balaban J connectivity index is 1.92. The monoisotopic (exact) mass is 546 g/mol. The van der Waals surface area contributed by atoms with Gasteiger partial charge >= 0.3 is 12.5 Å². The molecule has 196 valence electrons. The van der Waals surface area contributed by atoms with Gasteiger partial charge in [-0.1, -0.05) is 17.7 Å². The molecule has 1 N–H and O–H groups in total. The van der Waals surface area contributed by atoms with Gasteiger partial charge in [0.2, 0.25) is 5.91 Å². The van der Waals surface area contributed by atoms with Gasteiger partial charge in [-0.05, 0) is 60.4 Å². The van der Waals surface area contributed by atoms with Gasteiger partial charge in [-0.25, -0.2) is 13.2 Å². The van der Waals surface area contributed by atoms with E-state index in [0.29, 0.717) is 18.9 Å². The van der Waals surface area contributed by atoms with Gasteiger partial charge in [0, 0.05) is 24.6 Å². The Hall–Kier alpha value is -3.34. The number of nitrogens with one attached hydrogen (secondary N) is 1. The molecule has 0 bridgehead atoms. The number of aromatic nitrogens is 1. The number of halogens is 8. The van der Waals surface area contributed by atoms with E-state index in [-0.39, 0.29) is 28.3 Å². The zero-order valence-corrected chi connectivity index (χ0v) is 19.5. The van der Waals surface area contributed by atoms with Gasteiger partial charge in [0.1, 0.15) is 17.1 Å². The summed E-state index contributed by atoms with van der Waals surface area (Å²) in [6.45, 7) is 0. The lowest BCUT2D eigenvalue weighted by atomic mass is 9.80. The molecule has 4 rings (SSSR count). The molecule has 0 aliphatic heterocycles. The molecule has 1 aliphatic carbocycles. The van der Waals surface area contributed by atoms with Crippen molar-refractivity contribution in [2.45, 2.75) is 37.3 Å². The van der Waals surface area contributed by atoms with E-state index in [1.807, 2.05) is 0 Å². The number of carbonyl (C=O) groups excluding carboxylic acids is 1. The van der Waals surface area contributed by atoms with Crippen LogP contribution in [0.15, 0.2) is 54.7 Å². The number of alkyl halides is 4. The lowest BCUT2D eigenvalue weighted by molar-refractivity contribution is -0.253. The first kappa shape index (κ1) is 26.7. The highest BCUT2D eigenvalue weighted by molar-refractivity contribution is 6.30. The second-order valence-corrected chi connectivity index (χ2v) is 9.03. The highest BCUT2D eigenvalue weighted by Crippen LogP contribution is 2.39. The van der Waals surface area contributed by atoms with Gasteiger partial charge in [-0.2, -0.15) is 17.6 Å². The minimum atomic E-state index is -4.94. The smallest absolute Gasteiger partial charge is 0.428 e. The minimum absolute atomic E-state index is 0.0350. The summed E-state index contributed by atoms with van der Waals surface area (Å²) in [5.41, 5.74) is -1.92. The fourth-order valence-electron chi connectivity index (χ4n) is 3.83. The van der Waals surface area contributed by atoms with Crippen LogP contribution >= 0.6 is 11.6 Å². The maximum Gasteiger partial charge on any atom is 0.461 e. The number of nitrogens with zero attached hydrogens (tertiary/aromatic N) is 1.